The van der Waals surface area contributed by atoms with Crippen LogP contribution in [0.3, 0.4) is 0 Å². The van der Waals surface area contributed by atoms with E-state index in [1.807, 2.05) is 6.07 Å². The van der Waals surface area contributed by atoms with Crippen LogP contribution in [0.4, 0.5) is 19.0 Å². The molecule has 0 amide bonds. The summed E-state index contributed by atoms with van der Waals surface area (Å²) < 4.78 is 39.2. The summed E-state index contributed by atoms with van der Waals surface area (Å²) >= 11 is 0. The zero-order valence-electron chi connectivity index (χ0n) is 16.6. The summed E-state index contributed by atoms with van der Waals surface area (Å²) in [5.41, 5.74) is 0.240. The fourth-order valence-electron chi connectivity index (χ4n) is 4.62. The average molecular weight is 406 g/mol. The first-order valence-electron chi connectivity index (χ1n) is 10.00. The summed E-state index contributed by atoms with van der Waals surface area (Å²) in [6.07, 6.45) is -1.84. The Kier molecular flexibility index (Phi) is 5.14. The lowest BCUT2D eigenvalue weighted by molar-refractivity contribution is -0.137. The predicted molar refractivity (Wildman–Crippen MR) is 105 cm³/mol. The zero-order chi connectivity index (χ0) is 20.8. The van der Waals surface area contributed by atoms with Crippen LogP contribution >= 0.6 is 0 Å². The monoisotopic (exact) mass is 406 g/mol. The standard InChI is InChI=1S/C21H25F3N4O/c1-3-13-10-15(21(22,23)24)11-18(29)20(13)16-4-5-19(26-25-16)28-9-7-14-6-8-27(2)12-17(14)28/h4-5,10-11,14,17,29H,3,6-9,12H2,1-2H3. The summed E-state index contributed by atoms with van der Waals surface area (Å²) in [6, 6.07) is 5.85. The Morgan fingerprint density at radius 1 is 1.14 bits per heavy atom. The van der Waals surface area contributed by atoms with Crippen LogP contribution in [-0.2, 0) is 12.6 Å². The minimum atomic E-state index is -4.51. The maximum absolute atomic E-state index is 13.1. The number of phenolic OH excluding ortho intramolecular Hbond substituents is 1. The molecule has 0 radical (unpaired) electrons. The van der Waals surface area contributed by atoms with Crippen molar-refractivity contribution in [2.24, 2.45) is 5.92 Å². The normalized spacial score (nSPS) is 22.7. The van der Waals surface area contributed by atoms with Crippen molar-refractivity contribution in [1.82, 2.24) is 15.1 Å². The molecule has 2 atom stereocenters. The molecule has 2 aromatic rings. The first-order chi connectivity index (χ1) is 13.8. The van der Waals surface area contributed by atoms with Crippen molar-refractivity contribution in [1.29, 1.82) is 0 Å². The van der Waals surface area contributed by atoms with Gasteiger partial charge in [0, 0.05) is 24.7 Å². The molecule has 2 aliphatic heterocycles. The van der Waals surface area contributed by atoms with Gasteiger partial charge in [0.05, 0.1) is 11.3 Å². The van der Waals surface area contributed by atoms with Crippen LogP contribution in [0.1, 0.15) is 30.9 Å². The van der Waals surface area contributed by atoms with Crippen molar-refractivity contribution in [3.8, 4) is 17.0 Å². The van der Waals surface area contributed by atoms with Crippen LogP contribution in [0.25, 0.3) is 11.3 Å². The molecule has 1 aromatic carbocycles. The molecule has 4 rings (SSSR count). The minimum absolute atomic E-state index is 0.316. The number of benzene rings is 1. The Bertz CT molecular complexity index is 885. The molecule has 8 heteroatoms. The maximum atomic E-state index is 13.1. The van der Waals surface area contributed by atoms with Crippen LogP contribution in [0.15, 0.2) is 24.3 Å². The SMILES string of the molecule is CCc1cc(C(F)(F)F)cc(O)c1-c1ccc(N2CCC3CCN(C)CC32)nn1. The van der Waals surface area contributed by atoms with Gasteiger partial charge in [0.25, 0.3) is 0 Å². The largest absolute Gasteiger partial charge is 0.507 e. The van der Waals surface area contributed by atoms with Crippen LogP contribution < -0.4 is 4.90 Å². The molecule has 2 unspecified atom stereocenters. The first-order valence-corrected chi connectivity index (χ1v) is 10.00. The fraction of sp³-hybridized carbons (Fsp3) is 0.524. The number of likely N-dealkylation sites (N-methyl/N-ethyl adjacent to an activating group) is 1. The number of likely N-dealkylation sites (tertiary alicyclic amines) is 1. The van der Waals surface area contributed by atoms with Crippen molar-refractivity contribution in [2.45, 2.75) is 38.4 Å². The van der Waals surface area contributed by atoms with E-state index < -0.39 is 17.5 Å². The second-order valence-electron chi connectivity index (χ2n) is 8.02. The highest BCUT2D eigenvalue weighted by Crippen LogP contribution is 2.39. The summed E-state index contributed by atoms with van der Waals surface area (Å²) in [5.74, 6) is 1.02. The number of rotatable bonds is 3. The van der Waals surface area contributed by atoms with Gasteiger partial charge in [0.15, 0.2) is 5.82 Å². The first kappa shape index (κ1) is 19.9. The number of alkyl halides is 3. The quantitative estimate of drug-likeness (QED) is 0.836. The van der Waals surface area contributed by atoms with Crippen LogP contribution in [0.5, 0.6) is 5.75 Å². The predicted octanol–water partition coefficient (Wildman–Crippen LogP) is 3.96. The summed E-state index contributed by atoms with van der Waals surface area (Å²) in [6.45, 7) is 4.80. The number of piperidine rings is 1. The van der Waals surface area contributed by atoms with Gasteiger partial charge in [-0.3, -0.25) is 0 Å². The number of aryl methyl sites for hydroxylation is 1. The van der Waals surface area contributed by atoms with E-state index in [4.69, 9.17) is 0 Å². The Balaban J connectivity index is 1.63. The number of anilines is 1. The van der Waals surface area contributed by atoms with Crippen molar-refractivity contribution in [2.75, 3.05) is 31.6 Å². The smallest absolute Gasteiger partial charge is 0.416 e. The highest BCUT2D eigenvalue weighted by Gasteiger charge is 2.38. The van der Waals surface area contributed by atoms with Crippen LogP contribution in [0, 0.1) is 5.92 Å². The van der Waals surface area contributed by atoms with Gasteiger partial charge >= 0.3 is 6.18 Å². The summed E-state index contributed by atoms with van der Waals surface area (Å²) in [4.78, 5) is 4.61. The fourth-order valence-corrected chi connectivity index (χ4v) is 4.62. The van der Waals surface area contributed by atoms with E-state index >= 15 is 0 Å². The van der Waals surface area contributed by atoms with Crippen molar-refractivity contribution >= 4 is 5.82 Å². The molecule has 0 aliphatic carbocycles. The third-order valence-corrected chi connectivity index (χ3v) is 6.17. The summed E-state index contributed by atoms with van der Waals surface area (Å²) in [5, 5.41) is 18.9. The third-order valence-electron chi connectivity index (χ3n) is 6.17. The molecule has 5 nitrogen and oxygen atoms in total. The van der Waals surface area contributed by atoms with Gasteiger partial charge in [0.1, 0.15) is 5.75 Å². The van der Waals surface area contributed by atoms with E-state index in [0.717, 1.165) is 44.0 Å². The Labute approximate surface area is 168 Å². The van der Waals surface area contributed by atoms with Gasteiger partial charge in [0.2, 0.25) is 0 Å². The molecule has 1 aromatic heterocycles. The van der Waals surface area contributed by atoms with E-state index in [2.05, 4.69) is 27.0 Å². The van der Waals surface area contributed by atoms with Gasteiger partial charge in [-0.1, -0.05) is 6.92 Å². The number of hydrogen-bond acceptors (Lipinski definition) is 5. The number of aromatic hydroxyl groups is 1. The lowest BCUT2D eigenvalue weighted by atomic mass is 9.92. The molecule has 0 bridgehead atoms. The van der Waals surface area contributed by atoms with Crippen molar-refractivity contribution < 1.29 is 18.3 Å². The molecular weight excluding hydrogens is 381 g/mol. The number of nitrogens with zero attached hydrogens (tertiary/aromatic N) is 4. The summed E-state index contributed by atoms with van der Waals surface area (Å²) in [7, 11) is 2.13. The molecule has 29 heavy (non-hydrogen) atoms. The zero-order valence-corrected chi connectivity index (χ0v) is 16.6. The lowest BCUT2D eigenvalue weighted by Crippen LogP contribution is -2.47. The number of hydrogen-bond donors (Lipinski definition) is 1. The molecule has 156 valence electrons. The van der Waals surface area contributed by atoms with Gasteiger partial charge in [-0.15, -0.1) is 10.2 Å². The molecule has 2 saturated heterocycles. The van der Waals surface area contributed by atoms with Crippen LogP contribution in [-0.4, -0.2) is 52.9 Å². The van der Waals surface area contributed by atoms with E-state index in [9.17, 15) is 18.3 Å². The molecule has 2 aliphatic rings. The van der Waals surface area contributed by atoms with Crippen molar-refractivity contribution in [3.63, 3.8) is 0 Å². The molecule has 2 fully saturated rings. The van der Waals surface area contributed by atoms with Crippen LogP contribution in [0.2, 0.25) is 0 Å². The molecule has 1 N–H and O–H groups in total. The van der Waals surface area contributed by atoms with E-state index in [1.165, 1.54) is 6.42 Å². The number of fused-ring (bicyclic) bond motifs is 1. The molecule has 0 spiro atoms. The minimum Gasteiger partial charge on any atom is -0.507 e. The highest BCUT2D eigenvalue weighted by molar-refractivity contribution is 5.72. The Morgan fingerprint density at radius 2 is 1.90 bits per heavy atom. The molecule has 3 heterocycles. The topological polar surface area (TPSA) is 52.5 Å². The average Bonchev–Trinajstić information content (AvgIpc) is 3.09. The number of halogens is 3. The Hall–Kier alpha value is -2.35. The number of aromatic nitrogens is 2. The lowest BCUT2D eigenvalue weighted by Gasteiger charge is -2.36. The van der Waals surface area contributed by atoms with E-state index in [0.29, 0.717) is 35.2 Å². The maximum Gasteiger partial charge on any atom is 0.416 e. The van der Waals surface area contributed by atoms with Crippen molar-refractivity contribution in [3.05, 3.63) is 35.4 Å². The third kappa shape index (κ3) is 3.77. The molecular formula is C21H25F3N4O. The molecule has 0 saturated carbocycles. The number of phenols is 1. The Morgan fingerprint density at radius 3 is 2.55 bits per heavy atom. The van der Waals surface area contributed by atoms with E-state index in [1.54, 1.807) is 13.0 Å². The highest BCUT2D eigenvalue weighted by atomic mass is 19.4. The second kappa shape index (κ2) is 7.48. The van der Waals surface area contributed by atoms with Gasteiger partial charge in [-0.05, 0) is 68.6 Å². The van der Waals surface area contributed by atoms with Gasteiger partial charge in [-0.25, -0.2) is 0 Å². The van der Waals surface area contributed by atoms with Gasteiger partial charge < -0.3 is 14.9 Å². The van der Waals surface area contributed by atoms with E-state index in [-0.39, 0.29) is 0 Å². The second-order valence-corrected chi connectivity index (χ2v) is 8.02. The van der Waals surface area contributed by atoms with Gasteiger partial charge in [-0.2, -0.15) is 13.2 Å².